The van der Waals surface area contributed by atoms with Crippen molar-refractivity contribution in [2.45, 2.75) is 25.0 Å². The molecule has 5 rings (SSSR count). The molecule has 0 radical (unpaired) electrons. The third kappa shape index (κ3) is 2.99. The summed E-state index contributed by atoms with van der Waals surface area (Å²) in [6.07, 6.45) is 6.92. The number of pyridine rings is 1. The Morgan fingerprint density at radius 2 is 2.20 bits per heavy atom. The highest BCUT2D eigenvalue weighted by Gasteiger charge is 2.33. The SMILES string of the molecule is CNc1cc(Nc2cccn3cnnc23)nc2c(C(=O)NC3CC[C@H]3OC)cnn12. The van der Waals surface area contributed by atoms with Crippen LogP contribution in [0.5, 0.6) is 0 Å². The van der Waals surface area contributed by atoms with Gasteiger partial charge in [0.05, 0.1) is 24.0 Å². The van der Waals surface area contributed by atoms with Crippen LogP contribution in [0.25, 0.3) is 11.3 Å². The van der Waals surface area contributed by atoms with Crippen LogP contribution >= 0.6 is 0 Å². The van der Waals surface area contributed by atoms with Gasteiger partial charge in [0.2, 0.25) is 0 Å². The molecule has 1 fully saturated rings. The average Bonchev–Trinajstić information content (AvgIpc) is 3.38. The molecule has 11 nitrogen and oxygen atoms in total. The van der Waals surface area contributed by atoms with Gasteiger partial charge in [0.15, 0.2) is 11.3 Å². The van der Waals surface area contributed by atoms with Crippen molar-refractivity contribution < 1.29 is 9.53 Å². The Kier molecular flexibility index (Phi) is 4.43. The smallest absolute Gasteiger partial charge is 0.257 e. The van der Waals surface area contributed by atoms with Crippen LogP contribution in [0.2, 0.25) is 0 Å². The molecular formula is C19H21N9O2. The van der Waals surface area contributed by atoms with Crippen molar-refractivity contribution in [2.24, 2.45) is 0 Å². The van der Waals surface area contributed by atoms with Gasteiger partial charge in [0.1, 0.15) is 23.5 Å². The van der Waals surface area contributed by atoms with Crippen LogP contribution in [-0.4, -0.2) is 61.4 Å². The molecule has 3 N–H and O–H groups in total. The van der Waals surface area contributed by atoms with E-state index in [-0.39, 0.29) is 18.1 Å². The monoisotopic (exact) mass is 407 g/mol. The summed E-state index contributed by atoms with van der Waals surface area (Å²) in [5.74, 6) is 1.02. The van der Waals surface area contributed by atoms with Crippen LogP contribution in [0.4, 0.5) is 17.3 Å². The van der Waals surface area contributed by atoms with E-state index in [9.17, 15) is 4.79 Å². The minimum Gasteiger partial charge on any atom is -0.379 e. The Labute approximate surface area is 171 Å². The van der Waals surface area contributed by atoms with Crippen LogP contribution < -0.4 is 16.0 Å². The van der Waals surface area contributed by atoms with Gasteiger partial charge in [-0.15, -0.1) is 10.2 Å². The zero-order chi connectivity index (χ0) is 20.7. The van der Waals surface area contributed by atoms with Crippen molar-refractivity contribution in [1.29, 1.82) is 0 Å². The molecule has 4 heterocycles. The largest absolute Gasteiger partial charge is 0.379 e. The highest BCUT2D eigenvalue weighted by atomic mass is 16.5. The molecule has 1 aliphatic carbocycles. The number of anilines is 3. The van der Waals surface area contributed by atoms with E-state index in [0.717, 1.165) is 18.5 Å². The lowest BCUT2D eigenvalue weighted by Crippen LogP contribution is -2.51. The maximum atomic E-state index is 12.9. The summed E-state index contributed by atoms with van der Waals surface area (Å²) >= 11 is 0. The summed E-state index contributed by atoms with van der Waals surface area (Å²) in [4.78, 5) is 17.5. The molecule has 30 heavy (non-hydrogen) atoms. The maximum Gasteiger partial charge on any atom is 0.257 e. The van der Waals surface area contributed by atoms with Gasteiger partial charge in [0.25, 0.3) is 5.91 Å². The topological polar surface area (TPSA) is 123 Å². The van der Waals surface area contributed by atoms with Gasteiger partial charge in [-0.25, -0.2) is 4.98 Å². The summed E-state index contributed by atoms with van der Waals surface area (Å²) in [7, 11) is 3.45. The zero-order valence-corrected chi connectivity index (χ0v) is 16.5. The van der Waals surface area contributed by atoms with Crippen LogP contribution in [0.15, 0.2) is 36.9 Å². The minimum atomic E-state index is -0.219. The second-order valence-corrected chi connectivity index (χ2v) is 7.11. The fourth-order valence-electron chi connectivity index (χ4n) is 3.61. The molecule has 1 unspecified atom stereocenters. The molecule has 0 aromatic carbocycles. The average molecular weight is 407 g/mol. The van der Waals surface area contributed by atoms with E-state index in [1.54, 1.807) is 25.0 Å². The number of carbonyl (C=O) groups is 1. The molecule has 2 atom stereocenters. The van der Waals surface area contributed by atoms with E-state index >= 15 is 0 Å². The predicted molar refractivity (Wildman–Crippen MR) is 110 cm³/mol. The molecule has 11 heteroatoms. The van der Waals surface area contributed by atoms with Crippen molar-refractivity contribution in [2.75, 3.05) is 24.8 Å². The van der Waals surface area contributed by atoms with Gasteiger partial charge in [-0.1, -0.05) is 0 Å². The first-order valence-corrected chi connectivity index (χ1v) is 9.63. The highest BCUT2D eigenvalue weighted by molar-refractivity contribution is 6.00. The number of ether oxygens (including phenoxy) is 1. The second kappa shape index (κ2) is 7.26. The maximum absolute atomic E-state index is 12.9. The number of amides is 1. The molecule has 4 aromatic rings. The van der Waals surface area contributed by atoms with Gasteiger partial charge >= 0.3 is 0 Å². The molecule has 1 amide bonds. The summed E-state index contributed by atoms with van der Waals surface area (Å²) in [5, 5.41) is 21.8. The van der Waals surface area contributed by atoms with E-state index in [1.165, 1.54) is 6.20 Å². The Balaban J connectivity index is 1.50. The van der Waals surface area contributed by atoms with Gasteiger partial charge in [-0.05, 0) is 25.0 Å². The third-order valence-electron chi connectivity index (χ3n) is 5.39. The van der Waals surface area contributed by atoms with Gasteiger partial charge in [-0.3, -0.25) is 9.20 Å². The van der Waals surface area contributed by atoms with Crippen molar-refractivity contribution in [3.63, 3.8) is 0 Å². The lowest BCUT2D eigenvalue weighted by molar-refractivity contribution is 0.00732. The fourth-order valence-corrected chi connectivity index (χ4v) is 3.61. The highest BCUT2D eigenvalue weighted by Crippen LogP contribution is 2.25. The third-order valence-corrected chi connectivity index (χ3v) is 5.39. The number of hydrogen-bond donors (Lipinski definition) is 3. The fraction of sp³-hybridized carbons (Fsp3) is 0.316. The first-order valence-electron chi connectivity index (χ1n) is 9.63. The number of carbonyl (C=O) groups excluding carboxylic acids is 1. The molecule has 1 saturated carbocycles. The number of rotatable bonds is 6. The van der Waals surface area contributed by atoms with Gasteiger partial charge in [0, 0.05) is 26.4 Å². The molecule has 0 saturated heterocycles. The summed E-state index contributed by atoms with van der Waals surface area (Å²) in [5.41, 5.74) is 2.27. The Hall–Kier alpha value is -3.73. The minimum absolute atomic E-state index is 0.00747. The first-order chi connectivity index (χ1) is 14.7. The second-order valence-electron chi connectivity index (χ2n) is 7.11. The Bertz CT molecular complexity index is 1230. The molecule has 0 aliphatic heterocycles. The Morgan fingerprint density at radius 1 is 1.30 bits per heavy atom. The summed E-state index contributed by atoms with van der Waals surface area (Å²) < 4.78 is 8.78. The van der Waals surface area contributed by atoms with E-state index in [0.29, 0.717) is 28.5 Å². The molecule has 0 bridgehead atoms. The van der Waals surface area contributed by atoms with Gasteiger partial charge < -0.3 is 20.7 Å². The number of aromatic nitrogens is 6. The van der Waals surface area contributed by atoms with Crippen molar-refractivity contribution in [3.8, 4) is 0 Å². The number of nitrogens with one attached hydrogen (secondary N) is 3. The number of fused-ring (bicyclic) bond motifs is 2. The molecule has 1 aliphatic rings. The molecular weight excluding hydrogens is 386 g/mol. The van der Waals surface area contributed by atoms with E-state index in [1.807, 2.05) is 28.8 Å². The standard InChI is InChI=1S/C19H21N9O2/c1-20-16-8-15(23-13-4-3-7-27-10-21-26-18(13)27)25-17-11(9-22-28(16)17)19(29)24-12-5-6-14(12)30-2/h3-4,7-10,12,14,20H,5-6H2,1-2H3,(H,23,25)(H,24,29)/t12?,14-/m1/s1. The number of hydrogen-bond acceptors (Lipinski definition) is 8. The molecule has 4 aromatic heterocycles. The normalized spacial score (nSPS) is 18.3. The zero-order valence-electron chi connectivity index (χ0n) is 16.5. The first kappa shape index (κ1) is 18.3. The molecule has 154 valence electrons. The quantitative estimate of drug-likeness (QED) is 0.439. The van der Waals surface area contributed by atoms with Crippen LogP contribution in [-0.2, 0) is 4.74 Å². The Morgan fingerprint density at radius 3 is 2.97 bits per heavy atom. The van der Waals surface area contributed by atoms with Crippen molar-refractivity contribution in [3.05, 3.63) is 42.5 Å². The van der Waals surface area contributed by atoms with Crippen LogP contribution in [0.1, 0.15) is 23.2 Å². The number of nitrogens with zero attached hydrogens (tertiary/aromatic N) is 6. The van der Waals surface area contributed by atoms with Crippen LogP contribution in [0.3, 0.4) is 0 Å². The molecule has 0 spiro atoms. The lowest BCUT2D eigenvalue weighted by atomic mass is 9.89. The van der Waals surface area contributed by atoms with Gasteiger partial charge in [-0.2, -0.15) is 9.61 Å². The van der Waals surface area contributed by atoms with E-state index < -0.39 is 0 Å². The summed E-state index contributed by atoms with van der Waals surface area (Å²) in [6, 6.07) is 5.60. The lowest BCUT2D eigenvalue weighted by Gasteiger charge is -2.35. The van der Waals surface area contributed by atoms with E-state index in [2.05, 4.69) is 36.2 Å². The van der Waals surface area contributed by atoms with Crippen molar-refractivity contribution >= 4 is 34.5 Å². The predicted octanol–water partition coefficient (Wildman–Crippen LogP) is 1.46. The van der Waals surface area contributed by atoms with Crippen molar-refractivity contribution in [1.82, 2.24) is 34.5 Å². The van der Waals surface area contributed by atoms with Crippen LogP contribution in [0, 0.1) is 0 Å². The number of methoxy groups -OCH3 is 1. The van der Waals surface area contributed by atoms with E-state index in [4.69, 9.17) is 4.74 Å². The summed E-state index contributed by atoms with van der Waals surface area (Å²) in [6.45, 7) is 0.